The summed E-state index contributed by atoms with van der Waals surface area (Å²) in [5.41, 5.74) is 15.8. The van der Waals surface area contributed by atoms with Gasteiger partial charge in [0.15, 0.2) is 5.75 Å². The maximum Gasteiger partial charge on any atom is 0.248 e. The molecule has 4 aromatic carbocycles. The Kier molecular flexibility index (Phi) is 5.77. The first kappa shape index (κ1) is 26.9. The van der Waals surface area contributed by atoms with Crippen molar-refractivity contribution in [2.24, 2.45) is 5.73 Å². The van der Waals surface area contributed by atoms with Gasteiger partial charge in [-0.05, 0) is 42.5 Å². The maximum absolute atomic E-state index is 15.2. The Morgan fingerprint density at radius 2 is 1.69 bits per heavy atom. The Bertz CT molecular complexity index is 2350. The fourth-order valence-corrected chi connectivity index (χ4v) is 6.66. The van der Waals surface area contributed by atoms with Crippen molar-refractivity contribution < 1.29 is 9.53 Å². The summed E-state index contributed by atoms with van der Waals surface area (Å²) in [5.74, 6) is -0.544. The first-order valence-electron chi connectivity index (χ1n) is 13.7. The van der Waals surface area contributed by atoms with E-state index < -0.39 is 11.3 Å². The number of anilines is 2. The maximum atomic E-state index is 15.2. The van der Waals surface area contributed by atoms with E-state index in [1.54, 1.807) is 47.4 Å². The molecule has 1 unspecified atom stereocenters. The van der Waals surface area contributed by atoms with Gasteiger partial charge in [0.1, 0.15) is 17.1 Å². The average Bonchev–Trinajstić information content (AvgIpc) is 3.59. The molecule has 2 aliphatic rings. The molecule has 218 valence electrons. The molecule has 4 N–H and O–H groups in total. The van der Waals surface area contributed by atoms with Gasteiger partial charge in [0.2, 0.25) is 11.8 Å². The van der Waals surface area contributed by atoms with Crippen molar-refractivity contribution in [1.82, 2.24) is 25.0 Å². The van der Waals surface area contributed by atoms with Crippen LogP contribution in [0.5, 0.6) is 5.75 Å². The fourth-order valence-electron chi connectivity index (χ4n) is 6.30. The number of amides is 1. The average molecular weight is 632 g/mol. The number of hydrogen-bond acceptors (Lipinski definition) is 9. The summed E-state index contributed by atoms with van der Waals surface area (Å²) in [7, 11) is 0. The first-order chi connectivity index (χ1) is 21.8. The van der Waals surface area contributed by atoms with Crippen LogP contribution in [-0.4, -0.2) is 30.9 Å². The third-order valence-electron chi connectivity index (χ3n) is 8.18. The Hall–Kier alpha value is -5.70. The Morgan fingerprint density at radius 1 is 0.933 bits per heavy atom. The number of carbonyl (C=O) groups is 1. The number of ether oxygens (including phenoxy) is 1. The number of hydrogen-bond donors (Lipinski definition) is 2. The van der Waals surface area contributed by atoms with E-state index in [1.165, 1.54) is 10.9 Å². The third kappa shape index (κ3) is 3.67. The van der Waals surface area contributed by atoms with Crippen molar-refractivity contribution in [1.29, 1.82) is 5.26 Å². The molecule has 1 amide bonds. The second-order valence-corrected chi connectivity index (χ2v) is 11.4. The fraction of sp³-hybridized carbons (Fsp3) is 0.0625. The second kappa shape index (κ2) is 9.65. The molecule has 0 saturated heterocycles. The van der Waals surface area contributed by atoms with Crippen LogP contribution in [0.15, 0.2) is 90.4 Å². The molecule has 0 aliphatic carbocycles. The summed E-state index contributed by atoms with van der Waals surface area (Å²) in [6.45, 7) is 0.0110. The standard InChI is InChI=1S/C32H19Cl2N9O2/c33-16-9-10-20(34)26(11-16)43-17(14-38-41-43)15-42-25-8-4-1-5-18(25)32(31(42)44)19(13-35)30(37)45-29-21(36)12-24-28(27(29)32)40-23-7-3-2-6-22(23)39-24/h1-12,14H,15,36-37H2. The molecule has 6 aromatic rings. The summed E-state index contributed by atoms with van der Waals surface area (Å²) < 4.78 is 7.52. The number of benzene rings is 4. The molecule has 4 heterocycles. The van der Waals surface area contributed by atoms with E-state index in [0.29, 0.717) is 60.3 Å². The number of aromatic nitrogens is 5. The van der Waals surface area contributed by atoms with Crippen LogP contribution in [0, 0.1) is 11.3 Å². The zero-order chi connectivity index (χ0) is 31.0. The second-order valence-electron chi connectivity index (χ2n) is 10.6. The third-order valence-corrected chi connectivity index (χ3v) is 8.73. The molecule has 13 heteroatoms. The van der Waals surface area contributed by atoms with Gasteiger partial charge in [-0.2, -0.15) is 5.26 Å². The van der Waals surface area contributed by atoms with Crippen LogP contribution in [-0.2, 0) is 16.8 Å². The minimum absolute atomic E-state index is 0.0110. The summed E-state index contributed by atoms with van der Waals surface area (Å²) in [5, 5.41) is 19.8. The van der Waals surface area contributed by atoms with Crippen LogP contribution in [0.25, 0.3) is 27.8 Å². The number of nitrogen functional groups attached to an aromatic ring is 1. The summed E-state index contributed by atoms with van der Waals surface area (Å²) in [4.78, 5) is 26.5. The molecule has 0 fully saturated rings. The van der Waals surface area contributed by atoms with Gasteiger partial charge in [-0.3, -0.25) is 4.79 Å². The first-order valence-corrected chi connectivity index (χ1v) is 14.4. The van der Waals surface area contributed by atoms with Gasteiger partial charge >= 0.3 is 0 Å². The molecule has 1 spiro atoms. The smallest absolute Gasteiger partial charge is 0.248 e. The molecule has 1 atom stereocenters. The van der Waals surface area contributed by atoms with Gasteiger partial charge in [-0.1, -0.05) is 58.7 Å². The van der Waals surface area contributed by atoms with Gasteiger partial charge in [0.25, 0.3) is 0 Å². The minimum Gasteiger partial charge on any atom is -0.438 e. The van der Waals surface area contributed by atoms with Crippen molar-refractivity contribution in [3.8, 4) is 17.5 Å². The molecule has 0 bridgehead atoms. The highest BCUT2D eigenvalue weighted by atomic mass is 35.5. The lowest BCUT2D eigenvalue weighted by molar-refractivity contribution is -0.121. The molecule has 2 aromatic heterocycles. The Balaban J connectivity index is 1.40. The number of rotatable bonds is 3. The lowest BCUT2D eigenvalue weighted by Crippen LogP contribution is -2.46. The monoisotopic (exact) mass is 631 g/mol. The van der Waals surface area contributed by atoms with Gasteiger partial charge in [-0.25, -0.2) is 14.6 Å². The van der Waals surface area contributed by atoms with Crippen LogP contribution in [0.3, 0.4) is 0 Å². The lowest BCUT2D eigenvalue weighted by Gasteiger charge is -2.35. The number of nitrogens with zero attached hydrogens (tertiary/aromatic N) is 7. The van der Waals surface area contributed by atoms with E-state index in [9.17, 15) is 5.26 Å². The summed E-state index contributed by atoms with van der Waals surface area (Å²) >= 11 is 12.8. The number of halogens is 2. The zero-order valence-corrected chi connectivity index (χ0v) is 24.6. The molecule has 0 radical (unpaired) electrons. The number of fused-ring (bicyclic) bond motifs is 7. The molecule has 2 aliphatic heterocycles. The Labute approximate surface area is 264 Å². The predicted molar refractivity (Wildman–Crippen MR) is 169 cm³/mol. The van der Waals surface area contributed by atoms with E-state index in [2.05, 4.69) is 16.4 Å². The minimum atomic E-state index is -1.75. The topological polar surface area (TPSA) is 162 Å². The van der Waals surface area contributed by atoms with Gasteiger partial charge in [0, 0.05) is 16.3 Å². The molecule has 8 rings (SSSR count). The quantitative estimate of drug-likeness (QED) is 0.198. The number of carbonyl (C=O) groups excluding carboxylic acids is 1. The summed E-state index contributed by atoms with van der Waals surface area (Å²) in [6.07, 6.45) is 1.54. The molecule has 45 heavy (non-hydrogen) atoms. The van der Waals surface area contributed by atoms with E-state index in [0.717, 1.165) is 0 Å². The van der Waals surface area contributed by atoms with Crippen LogP contribution in [0.4, 0.5) is 11.4 Å². The van der Waals surface area contributed by atoms with Gasteiger partial charge in [-0.15, -0.1) is 5.10 Å². The molecule has 0 saturated carbocycles. The number of nitrogens with two attached hydrogens (primary N) is 2. The van der Waals surface area contributed by atoms with Crippen LogP contribution in [0.2, 0.25) is 10.0 Å². The van der Waals surface area contributed by atoms with Crippen molar-refractivity contribution in [3.05, 3.63) is 117 Å². The van der Waals surface area contributed by atoms with E-state index >= 15 is 4.79 Å². The molecular weight excluding hydrogens is 613 g/mol. The van der Waals surface area contributed by atoms with Crippen molar-refractivity contribution in [3.63, 3.8) is 0 Å². The SMILES string of the molecule is N#CC1=C(N)Oc2c(N)cc3nc4ccccc4nc3c2C12C(=O)N(Cc1cnnn1-c1cc(Cl)ccc1Cl)c1ccccc12. The van der Waals surface area contributed by atoms with Crippen molar-refractivity contribution >= 4 is 62.6 Å². The Morgan fingerprint density at radius 3 is 2.49 bits per heavy atom. The van der Waals surface area contributed by atoms with Crippen LogP contribution >= 0.6 is 23.2 Å². The van der Waals surface area contributed by atoms with E-state index in [-0.39, 0.29) is 29.4 Å². The zero-order valence-electron chi connectivity index (χ0n) is 23.1. The van der Waals surface area contributed by atoms with Crippen molar-refractivity contribution in [2.45, 2.75) is 12.0 Å². The van der Waals surface area contributed by atoms with Gasteiger partial charge < -0.3 is 21.1 Å². The summed E-state index contributed by atoms with van der Waals surface area (Å²) in [6, 6.07) is 23.4. The molecular formula is C32H19Cl2N9O2. The van der Waals surface area contributed by atoms with E-state index in [4.69, 9.17) is 49.4 Å². The normalized spacial score (nSPS) is 17.1. The largest absolute Gasteiger partial charge is 0.438 e. The lowest BCUT2D eigenvalue weighted by atomic mass is 9.68. The van der Waals surface area contributed by atoms with Crippen molar-refractivity contribution in [2.75, 3.05) is 10.6 Å². The van der Waals surface area contributed by atoms with Crippen LogP contribution < -0.4 is 21.1 Å². The number of nitriles is 1. The van der Waals surface area contributed by atoms with Crippen LogP contribution in [0.1, 0.15) is 16.8 Å². The highest BCUT2D eigenvalue weighted by Crippen LogP contribution is 2.58. The number of para-hydroxylation sites is 3. The molecule has 11 nitrogen and oxygen atoms in total. The predicted octanol–water partition coefficient (Wildman–Crippen LogP) is 5.17. The highest BCUT2D eigenvalue weighted by Gasteiger charge is 2.60. The van der Waals surface area contributed by atoms with E-state index in [1.807, 2.05) is 30.3 Å². The van der Waals surface area contributed by atoms with Gasteiger partial charge in [0.05, 0.1) is 62.5 Å². The highest BCUT2D eigenvalue weighted by molar-refractivity contribution is 6.34.